The summed E-state index contributed by atoms with van der Waals surface area (Å²) < 4.78 is 0. The third kappa shape index (κ3) is 1.41. The highest BCUT2D eigenvalue weighted by Gasteiger charge is 2.15. The molecule has 0 aliphatic carbocycles. The highest BCUT2D eigenvalue weighted by atomic mass is 15.1. The second-order valence-electron chi connectivity index (χ2n) is 2.69. The van der Waals surface area contributed by atoms with Crippen molar-refractivity contribution in [1.82, 2.24) is 20.6 Å². The van der Waals surface area contributed by atoms with Crippen LogP contribution in [0, 0.1) is 0 Å². The molecule has 4 nitrogen and oxygen atoms in total. The first-order valence-electron chi connectivity index (χ1n) is 3.90. The summed E-state index contributed by atoms with van der Waals surface area (Å²) in [7, 11) is 0. The number of nitrogens with one attached hydrogen (secondary N) is 3. The van der Waals surface area contributed by atoms with Crippen LogP contribution in [0.4, 0.5) is 0 Å². The minimum Gasteiger partial charge on any atom is -0.347 e. The Hall–Kier alpha value is -0.870. The smallest absolute Gasteiger partial charge is 0.124 e. The predicted octanol–water partition coefficient (Wildman–Crippen LogP) is -0.356. The Labute approximate surface area is 65.4 Å². The van der Waals surface area contributed by atoms with Gasteiger partial charge in [0.2, 0.25) is 0 Å². The molecule has 0 bridgehead atoms. The third-order valence-electron chi connectivity index (χ3n) is 1.89. The first-order chi connectivity index (χ1) is 5.47. The van der Waals surface area contributed by atoms with Gasteiger partial charge in [-0.25, -0.2) is 4.98 Å². The second kappa shape index (κ2) is 3.02. The maximum atomic E-state index is 4.18. The molecule has 0 saturated carbocycles. The van der Waals surface area contributed by atoms with Gasteiger partial charge in [-0.2, -0.15) is 0 Å². The lowest BCUT2D eigenvalue weighted by Crippen LogP contribution is -2.43. The highest BCUT2D eigenvalue weighted by Crippen LogP contribution is 2.06. The number of H-pyrrole nitrogens is 1. The number of rotatable bonds is 1. The van der Waals surface area contributed by atoms with E-state index in [-0.39, 0.29) is 0 Å². The van der Waals surface area contributed by atoms with Crippen LogP contribution in [0.3, 0.4) is 0 Å². The van der Waals surface area contributed by atoms with Crippen molar-refractivity contribution in [2.45, 2.75) is 6.04 Å². The van der Waals surface area contributed by atoms with Crippen molar-refractivity contribution in [1.29, 1.82) is 0 Å². The fourth-order valence-corrected chi connectivity index (χ4v) is 1.31. The van der Waals surface area contributed by atoms with Crippen LogP contribution >= 0.6 is 0 Å². The van der Waals surface area contributed by atoms with Gasteiger partial charge in [0.25, 0.3) is 0 Å². The first kappa shape index (κ1) is 6.82. The SMILES string of the molecule is c1c[nH]c(C2CNCCN2)n1. The molecule has 1 unspecified atom stereocenters. The van der Waals surface area contributed by atoms with Gasteiger partial charge in [-0.05, 0) is 0 Å². The number of aromatic amines is 1. The van der Waals surface area contributed by atoms with E-state index in [1.54, 1.807) is 6.20 Å². The van der Waals surface area contributed by atoms with E-state index in [2.05, 4.69) is 20.6 Å². The number of imidazole rings is 1. The van der Waals surface area contributed by atoms with Gasteiger partial charge in [0, 0.05) is 32.0 Å². The summed E-state index contributed by atoms with van der Waals surface area (Å²) in [6.07, 6.45) is 3.64. The summed E-state index contributed by atoms with van der Waals surface area (Å²) in [5, 5.41) is 6.67. The number of hydrogen-bond acceptors (Lipinski definition) is 3. The van der Waals surface area contributed by atoms with E-state index in [4.69, 9.17) is 0 Å². The molecule has 0 amide bonds. The Morgan fingerprint density at radius 2 is 2.45 bits per heavy atom. The van der Waals surface area contributed by atoms with Crippen molar-refractivity contribution in [3.8, 4) is 0 Å². The van der Waals surface area contributed by atoms with Gasteiger partial charge in [0.15, 0.2) is 0 Å². The molecule has 1 aliphatic rings. The summed E-state index contributed by atoms with van der Waals surface area (Å²) in [6.45, 7) is 3.04. The molecule has 2 rings (SSSR count). The number of nitrogens with zero attached hydrogens (tertiary/aromatic N) is 1. The molecule has 3 N–H and O–H groups in total. The van der Waals surface area contributed by atoms with Crippen LogP contribution in [0.5, 0.6) is 0 Å². The molecule has 4 heteroatoms. The van der Waals surface area contributed by atoms with Crippen LogP contribution in [0.2, 0.25) is 0 Å². The molecule has 1 aromatic heterocycles. The van der Waals surface area contributed by atoms with Crippen LogP contribution in [0.25, 0.3) is 0 Å². The van der Waals surface area contributed by atoms with Crippen LogP contribution in [-0.2, 0) is 0 Å². The van der Waals surface area contributed by atoms with E-state index in [0.717, 1.165) is 25.5 Å². The molecule has 2 heterocycles. The Morgan fingerprint density at radius 3 is 3.09 bits per heavy atom. The summed E-state index contributed by atoms with van der Waals surface area (Å²) in [4.78, 5) is 7.28. The zero-order chi connectivity index (χ0) is 7.52. The normalized spacial score (nSPS) is 25.3. The van der Waals surface area contributed by atoms with Crippen molar-refractivity contribution in [3.63, 3.8) is 0 Å². The lowest BCUT2D eigenvalue weighted by molar-refractivity contribution is 0.417. The highest BCUT2D eigenvalue weighted by molar-refractivity contribution is 4.97. The first-order valence-corrected chi connectivity index (χ1v) is 3.90. The van der Waals surface area contributed by atoms with E-state index in [1.165, 1.54) is 0 Å². The van der Waals surface area contributed by atoms with Crippen LogP contribution < -0.4 is 10.6 Å². The monoisotopic (exact) mass is 152 g/mol. The molecular formula is C7H12N4. The van der Waals surface area contributed by atoms with Gasteiger partial charge in [-0.1, -0.05) is 0 Å². The molecule has 11 heavy (non-hydrogen) atoms. The summed E-state index contributed by atoms with van der Waals surface area (Å²) in [6, 6.07) is 0.360. The average molecular weight is 152 g/mol. The Bertz CT molecular complexity index is 200. The van der Waals surface area contributed by atoms with E-state index in [0.29, 0.717) is 6.04 Å². The van der Waals surface area contributed by atoms with Gasteiger partial charge < -0.3 is 15.6 Å². The largest absolute Gasteiger partial charge is 0.347 e. The van der Waals surface area contributed by atoms with Crippen molar-refractivity contribution in [2.75, 3.05) is 19.6 Å². The maximum absolute atomic E-state index is 4.18. The van der Waals surface area contributed by atoms with Gasteiger partial charge >= 0.3 is 0 Å². The Balaban J connectivity index is 2.04. The fraction of sp³-hybridized carbons (Fsp3) is 0.571. The fourth-order valence-electron chi connectivity index (χ4n) is 1.31. The van der Waals surface area contributed by atoms with Crippen molar-refractivity contribution >= 4 is 0 Å². The number of aromatic nitrogens is 2. The minimum absolute atomic E-state index is 0.360. The van der Waals surface area contributed by atoms with Crippen molar-refractivity contribution < 1.29 is 0 Å². The Kier molecular flexibility index (Phi) is 1.87. The molecule has 0 aromatic carbocycles. The number of piperazine rings is 1. The van der Waals surface area contributed by atoms with Crippen LogP contribution in [0.15, 0.2) is 12.4 Å². The summed E-state index contributed by atoms with van der Waals surface area (Å²) in [5.41, 5.74) is 0. The van der Waals surface area contributed by atoms with Gasteiger partial charge in [-0.3, -0.25) is 0 Å². The van der Waals surface area contributed by atoms with Crippen molar-refractivity contribution in [2.24, 2.45) is 0 Å². The third-order valence-corrected chi connectivity index (χ3v) is 1.89. The minimum atomic E-state index is 0.360. The molecule has 0 spiro atoms. The summed E-state index contributed by atoms with van der Waals surface area (Å²) >= 11 is 0. The average Bonchev–Trinajstić information content (AvgIpc) is 2.58. The molecule has 1 aliphatic heterocycles. The lowest BCUT2D eigenvalue weighted by Gasteiger charge is -2.22. The van der Waals surface area contributed by atoms with Gasteiger partial charge in [-0.15, -0.1) is 0 Å². The zero-order valence-corrected chi connectivity index (χ0v) is 6.30. The van der Waals surface area contributed by atoms with E-state index < -0.39 is 0 Å². The Morgan fingerprint density at radius 1 is 1.45 bits per heavy atom. The van der Waals surface area contributed by atoms with Gasteiger partial charge in [0.05, 0.1) is 6.04 Å². The molecule has 1 fully saturated rings. The van der Waals surface area contributed by atoms with Crippen molar-refractivity contribution in [3.05, 3.63) is 18.2 Å². The molecule has 0 radical (unpaired) electrons. The topological polar surface area (TPSA) is 52.7 Å². The zero-order valence-electron chi connectivity index (χ0n) is 6.30. The summed E-state index contributed by atoms with van der Waals surface area (Å²) in [5.74, 6) is 1.03. The standard InChI is InChI=1S/C7H12N4/c1-2-9-6(5-8-1)7-10-3-4-11-7/h3-4,6,8-9H,1-2,5H2,(H,10,11). The van der Waals surface area contributed by atoms with E-state index in [1.807, 2.05) is 6.20 Å². The van der Waals surface area contributed by atoms with Crippen LogP contribution in [0.1, 0.15) is 11.9 Å². The molecule has 1 atom stereocenters. The predicted molar refractivity (Wildman–Crippen MR) is 42.2 cm³/mol. The molecule has 60 valence electrons. The molecule has 1 aromatic rings. The van der Waals surface area contributed by atoms with Gasteiger partial charge in [0.1, 0.15) is 5.82 Å². The van der Waals surface area contributed by atoms with E-state index >= 15 is 0 Å². The quantitative estimate of drug-likeness (QED) is 0.515. The van der Waals surface area contributed by atoms with E-state index in [9.17, 15) is 0 Å². The number of hydrogen-bond donors (Lipinski definition) is 3. The maximum Gasteiger partial charge on any atom is 0.124 e. The molecule has 1 saturated heterocycles. The van der Waals surface area contributed by atoms with Crippen LogP contribution in [-0.4, -0.2) is 29.6 Å². The molecular weight excluding hydrogens is 140 g/mol. The lowest BCUT2D eigenvalue weighted by atomic mass is 10.2. The second-order valence-corrected chi connectivity index (χ2v) is 2.69.